The summed E-state index contributed by atoms with van der Waals surface area (Å²) in [6, 6.07) is 27.5. The van der Waals surface area contributed by atoms with Crippen LogP contribution >= 0.6 is 0 Å². The Kier molecular flexibility index (Phi) is 4.79. The lowest BCUT2D eigenvalue weighted by Crippen LogP contribution is -2.52. The van der Waals surface area contributed by atoms with Crippen LogP contribution in [0.2, 0.25) is 0 Å². The van der Waals surface area contributed by atoms with E-state index in [2.05, 4.69) is 6.07 Å². The van der Waals surface area contributed by atoms with E-state index in [1.807, 2.05) is 83.4 Å². The third kappa shape index (κ3) is 3.48. The minimum absolute atomic E-state index is 0.114. The number of nitrogens with two attached hydrogens (primary N) is 1. The fourth-order valence-corrected chi connectivity index (χ4v) is 4.49. The van der Waals surface area contributed by atoms with Gasteiger partial charge in [-0.05, 0) is 28.8 Å². The second-order valence-corrected chi connectivity index (χ2v) is 7.95. The van der Waals surface area contributed by atoms with Gasteiger partial charge in [0.25, 0.3) is 0 Å². The number of fused-ring (bicyclic) bond motifs is 2. The highest BCUT2D eigenvalue weighted by Crippen LogP contribution is 2.29. The maximum atomic E-state index is 13.5. The Balaban J connectivity index is 1.54. The summed E-state index contributed by atoms with van der Waals surface area (Å²) in [6.45, 7) is 0.534. The molecule has 2 N–H and O–H groups in total. The molecule has 0 fully saturated rings. The summed E-state index contributed by atoms with van der Waals surface area (Å²) >= 11 is 0. The summed E-state index contributed by atoms with van der Waals surface area (Å²) < 4.78 is 2.03. The predicted molar refractivity (Wildman–Crippen MR) is 121 cm³/mol. The summed E-state index contributed by atoms with van der Waals surface area (Å²) in [5.74, 6) is -0.583. The standard InChI is InChI=1S/C26H23N3O2/c27-26(31)24-14-19-10-4-5-12-21(19)16-29(24)25(30)17-28-22-13-7-6-11-20(22)15-23(28)18-8-2-1-3-9-18/h1-13,15,24H,14,16-17H2,(H2,27,31). The maximum Gasteiger partial charge on any atom is 0.243 e. The van der Waals surface area contributed by atoms with E-state index >= 15 is 0 Å². The number of carbonyl (C=O) groups is 2. The van der Waals surface area contributed by atoms with E-state index < -0.39 is 11.9 Å². The van der Waals surface area contributed by atoms with Crippen LogP contribution < -0.4 is 5.73 Å². The number of carbonyl (C=O) groups excluding carboxylic acids is 2. The van der Waals surface area contributed by atoms with Crippen molar-refractivity contribution in [3.63, 3.8) is 0 Å². The summed E-state index contributed by atoms with van der Waals surface area (Å²) in [5.41, 5.74) is 10.8. The van der Waals surface area contributed by atoms with E-state index in [0.717, 1.165) is 33.3 Å². The number of nitrogens with zero attached hydrogens (tertiary/aromatic N) is 2. The lowest BCUT2D eigenvalue weighted by atomic mass is 9.93. The SMILES string of the molecule is NC(=O)C1Cc2ccccc2CN1C(=O)Cn1c(-c2ccccc2)cc2ccccc21. The number of aromatic nitrogens is 1. The molecule has 0 saturated heterocycles. The Morgan fingerprint density at radius 1 is 0.871 bits per heavy atom. The van der Waals surface area contributed by atoms with Gasteiger partial charge < -0.3 is 15.2 Å². The Hall–Kier alpha value is -3.86. The molecule has 0 saturated carbocycles. The van der Waals surface area contributed by atoms with E-state index in [1.165, 1.54) is 0 Å². The molecule has 0 spiro atoms. The largest absolute Gasteiger partial charge is 0.368 e. The first kappa shape index (κ1) is 19.1. The van der Waals surface area contributed by atoms with Crippen LogP contribution in [0.25, 0.3) is 22.2 Å². The van der Waals surface area contributed by atoms with E-state index in [1.54, 1.807) is 4.90 Å². The quantitative estimate of drug-likeness (QED) is 0.558. The number of hydrogen-bond acceptors (Lipinski definition) is 2. The van der Waals surface area contributed by atoms with Gasteiger partial charge in [0, 0.05) is 29.6 Å². The van der Waals surface area contributed by atoms with Gasteiger partial charge in [-0.1, -0.05) is 72.8 Å². The van der Waals surface area contributed by atoms with Crippen LogP contribution in [0.15, 0.2) is 84.9 Å². The molecular formula is C26H23N3O2. The molecular weight excluding hydrogens is 386 g/mol. The highest BCUT2D eigenvalue weighted by atomic mass is 16.2. The van der Waals surface area contributed by atoms with Crippen molar-refractivity contribution >= 4 is 22.7 Å². The molecule has 2 heterocycles. The van der Waals surface area contributed by atoms with E-state index in [-0.39, 0.29) is 12.5 Å². The molecule has 1 aromatic heterocycles. The van der Waals surface area contributed by atoms with Gasteiger partial charge in [-0.3, -0.25) is 9.59 Å². The number of benzene rings is 3. The van der Waals surface area contributed by atoms with Crippen LogP contribution in [-0.4, -0.2) is 27.3 Å². The molecule has 1 unspecified atom stereocenters. The molecule has 1 aliphatic heterocycles. The number of rotatable bonds is 4. The lowest BCUT2D eigenvalue weighted by Gasteiger charge is -2.35. The molecule has 5 nitrogen and oxygen atoms in total. The Morgan fingerprint density at radius 2 is 1.55 bits per heavy atom. The van der Waals surface area contributed by atoms with E-state index in [0.29, 0.717) is 13.0 Å². The minimum Gasteiger partial charge on any atom is -0.368 e. The number of primary amides is 1. The summed E-state index contributed by atoms with van der Waals surface area (Å²) in [6.07, 6.45) is 0.454. The van der Waals surface area contributed by atoms with E-state index in [9.17, 15) is 9.59 Å². The van der Waals surface area contributed by atoms with Gasteiger partial charge in [0.15, 0.2) is 0 Å². The molecule has 154 valence electrons. The minimum atomic E-state index is -0.635. The Bertz CT molecular complexity index is 1280. The Morgan fingerprint density at radius 3 is 2.32 bits per heavy atom. The molecule has 2 amide bonds. The van der Waals surface area contributed by atoms with Crippen molar-refractivity contribution in [1.29, 1.82) is 0 Å². The molecule has 1 aliphatic rings. The van der Waals surface area contributed by atoms with Crippen molar-refractivity contribution in [1.82, 2.24) is 9.47 Å². The van der Waals surface area contributed by atoms with Crippen LogP contribution in [0.4, 0.5) is 0 Å². The van der Waals surface area contributed by atoms with Gasteiger partial charge in [-0.25, -0.2) is 0 Å². The van der Waals surface area contributed by atoms with E-state index in [4.69, 9.17) is 5.73 Å². The van der Waals surface area contributed by atoms with Crippen LogP contribution in [0.3, 0.4) is 0 Å². The third-order valence-electron chi connectivity index (χ3n) is 6.07. The zero-order valence-corrected chi connectivity index (χ0v) is 17.1. The molecule has 31 heavy (non-hydrogen) atoms. The molecule has 0 bridgehead atoms. The van der Waals surface area contributed by atoms with Crippen LogP contribution in [0, 0.1) is 0 Å². The molecule has 0 aliphatic carbocycles. The molecule has 3 aromatic carbocycles. The smallest absolute Gasteiger partial charge is 0.243 e. The summed E-state index contributed by atoms with van der Waals surface area (Å²) in [7, 11) is 0. The van der Waals surface area contributed by atoms with Gasteiger partial charge in [0.1, 0.15) is 12.6 Å². The second kappa shape index (κ2) is 7.76. The number of amides is 2. The second-order valence-electron chi connectivity index (χ2n) is 7.95. The average molecular weight is 409 g/mol. The Labute approximate surface area is 180 Å². The van der Waals surface area contributed by atoms with Gasteiger partial charge >= 0.3 is 0 Å². The summed E-state index contributed by atoms with van der Waals surface area (Å²) in [4.78, 5) is 27.4. The van der Waals surface area contributed by atoms with Crippen molar-refractivity contribution in [3.05, 3.63) is 96.1 Å². The first-order valence-corrected chi connectivity index (χ1v) is 10.4. The molecule has 5 heteroatoms. The van der Waals surface area contributed by atoms with Crippen molar-refractivity contribution in [2.75, 3.05) is 0 Å². The van der Waals surface area contributed by atoms with Crippen molar-refractivity contribution in [2.45, 2.75) is 25.6 Å². The zero-order valence-electron chi connectivity index (χ0n) is 17.1. The number of para-hydroxylation sites is 1. The van der Waals surface area contributed by atoms with Crippen molar-refractivity contribution in [2.24, 2.45) is 5.73 Å². The van der Waals surface area contributed by atoms with Gasteiger partial charge in [0.2, 0.25) is 11.8 Å². The van der Waals surface area contributed by atoms with Gasteiger partial charge in [-0.2, -0.15) is 0 Å². The fraction of sp³-hybridized carbons (Fsp3) is 0.154. The topological polar surface area (TPSA) is 68.3 Å². The first-order chi connectivity index (χ1) is 15.1. The molecule has 1 atom stereocenters. The first-order valence-electron chi connectivity index (χ1n) is 10.4. The third-order valence-corrected chi connectivity index (χ3v) is 6.07. The average Bonchev–Trinajstić information content (AvgIpc) is 3.17. The van der Waals surface area contributed by atoms with Crippen LogP contribution in [-0.2, 0) is 29.1 Å². The molecule has 5 rings (SSSR count). The predicted octanol–water partition coefficient (Wildman–Crippen LogP) is 3.75. The van der Waals surface area contributed by atoms with Crippen molar-refractivity contribution < 1.29 is 9.59 Å². The lowest BCUT2D eigenvalue weighted by molar-refractivity contribution is -0.141. The monoisotopic (exact) mass is 409 g/mol. The number of hydrogen-bond donors (Lipinski definition) is 1. The van der Waals surface area contributed by atoms with Gasteiger partial charge in [0.05, 0.1) is 0 Å². The van der Waals surface area contributed by atoms with Crippen LogP contribution in [0.1, 0.15) is 11.1 Å². The van der Waals surface area contributed by atoms with Crippen LogP contribution in [0.5, 0.6) is 0 Å². The highest BCUT2D eigenvalue weighted by molar-refractivity contribution is 5.91. The normalized spacial score (nSPS) is 15.6. The van der Waals surface area contributed by atoms with Crippen molar-refractivity contribution in [3.8, 4) is 11.3 Å². The highest BCUT2D eigenvalue weighted by Gasteiger charge is 2.33. The fourth-order valence-electron chi connectivity index (χ4n) is 4.49. The maximum absolute atomic E-state index is 13.5. The summed E-state index contributed by atoms with van der Waals surface area (Å²) in [5, 5.41) is 1.07. The van der Waals surface area contributed by atoms with Gasteiger partial charge in [-0.15, -0.1) is 0 Å². The zero-order chi connectivity index (χ0) is 21.4. The molecule has 0 radical (unpaired) electrons. The molecule has 4 aromatic rings.